The normalized spacial score (nSPS) is 9.90. The van der Waals surface area contributed by atoms with Crippen LogP contribution in [-0.2, 0) is 0 Å². The van der Waals surface area contributed by atoms with Crippen LogP contribution in [0.4, 0.5) is 5.69 Å². The van der Waals surface area contributed by atoms with Crippen molar-refractivity contribution in [2.45, 2.75) is 0 Å². The Bertz CT molecular complexity index is 641. The first-order valence-corrected chi connectivity index (χ1v) is 6.65. The molecule has 0 bridgehead atoms. The lowest BCUT2D eigenvalue weighted by Gasteiger charge is -2.09. The summed E-state index contributed by atoms with van der Waals surface area (Å²) in [5.41, 5.74) is 1.13. The van der Waals surface area contributed by atoms with E-state index in [9.17, 15) is 9.59 Å². The Morgan fingerprint density at radius 1 is 1.10 bits per heavy atom. The molecule has 2 rings (SSSR count). The molecule has 1 heterocycles. The third kappa shape index (κ3) is 3.21. The summed E-state index contributed by atoms with van der Waals surface area (Å²) in [4.78, 5) is 27.8. The van der Waals surface area contributed by atoms with E-state index in [4.69, 9.17) is 0 Å². The van der Waals surface area contributed by atoms with Crippen molar-refractivity contribution in [3.05, 3.63) is 58.3 Å². The Kier molecular flexibility index (Phi) is 4.47. The van der Waals surface area contributed by atoms with Gasteiger partial charge in [-0.15, -0.1) is 0 Å². The van der Waals surface area contributed by atoms with Crippen molar-refractivity contribution < 1.29 is 9.59 Å². The minimum atomic E-state index is -0.367. The summed E-state index contributed by atoms with van der Waals surface area (Å²) in [6.07, 6.45) is 1.54. The molecule has 20 heavy (non-hydrogen) atoms. The second-order valence-corrected chi connectivity index (χ2v) is 4.86. The van der Waals surface area contributed by atoms with Crippen LogP contribution in [0, 0.1) is 0 Å². The van der Waals surface area contributed by atoms with Gasteiger partial charge in [0.1, 0.15) is 5.69 Å². The lowest BCUT2D eigenvalue weighted by Crippen LogP contribution is -2.21. The highest BCUT2D eigenvalue weighted by molar-refractivity contribution is 9.10. The number of amides is 2. The maximum Gasteiger partial charge on any atom is 0.274 e. The predicted octanol–water partition coefficient (Wildman–Crippen LogP) is 2.46. The van der Waals surface area contributed by atoms with Gasteiger partial charge in [0.15, 0.2) is 0 Å². The fourth-order valence-electron chi connectivity index (χ4n) is 1.62. The van der Waals surface area contributed by atoms with Crippen LogP contribution in [0.5, 0.6) is 0 Å². The average molecular weight is 334 g/mol. The van der Waals surface area contributed by atoms with E-state index in [2.05, 4.69) is 31.5 Å². The van der Waals surface area contributed by atoms with Crippen LogP contribution < -0.4 is 10.6 Å². The zero-order valence-corrected chi connectivity index (χ0v) is 12.3. The summed E-state index contributed by atoms with van der Waals surface area (Å²) >= 11 is 3.25. The maximum atomic E-state index is 12.1. The molecule has 0 aliphatic heterocycles. The Hall–Kier alpha value is -2.21. The maximum absolute atomic E-state index is 12.1. The smallest absolute Gasteiger partial charge is 0.274 e. The van der Waals surface area contributed by atoms with Crippen molar-refractivity contribution in [1.82, 2.24) is 10.3 Å². The number of benzene rings is 1. The van der Waals surface area contributed by atoms with E-state index in [1.54, 1.807) is 42.6 Å². The van der Waals surface area contributed by atoms with Crippen LogP contribution in [0.2, 0.25) is 0 Å². The molecule has 0 aliphatic carbocycles. The van der Waals surface area contributed by atoms with E-state index in [1.807, 2.05) is 0 Å². The molecule has 102 valence electrons. The highest BCUT2D eigenvalue weighted by atomic mass is 79.9. The number of para-hydroxylation sites is 1. The van der Waals surface area contributed by atoms with E-state index in [-0.39, 0.29) is 17.5 Å². The molecule has 0 unspecified atom stereocenters. The fourth-order valence-corrected chi connectivity index (χ4v) is 1.86. The van der Waals surface area contributed by atoms with Crippen LogP contribution in [0.1, 0.15) is 20.8 Å². The zero-order chi connectivity index (χ0) is 14.5. The Morgan fingerprint density at radius 3 is 2.50 bits per heavy atom. The number of halogens is 1. The first kappa shape index (κ1) is 14.2. The van der Waals surface area contributed by atoms with Gasteiger partial charge in [0.25, 0.3) is 11.8 Å². The number of carbonyl (C=O) groups excluding carboxylic acids is 2. The fraction of sp³-hybridized carbons (Fsp3) is 0.0714. The average Bonchev–Trinajstić information content (AvgIpc) is 2.47. The molecule has 6 heteroatoms. The molecule has 0 saturated carbocycles. The van der Waals surface area contributed by atoms with Crippen molar-refractivity contribution in [1.29, 1.82) is 0 Å². The summed E-state index contributed by atoms with van der Waals surface area (Å²) < 4.78 is 0.791. The van der Waals surface area contributed by atoms with Crippen LogP contribution in [0.3, 0.4) is 0 Å². The number of rotatable bonds is 3. The van der Waals surface area contributed by atoms with Gasteiger partial charge in [-0.2, -0.15) is 0 Å². The van der Waals surface area contributed by atoms with E-state index in [1.165, 1.54) is 7.05 Å². The molecule has 5 nitrogen and oxygen atoms in total. The minimum absolute atomic E-state index is 0.260. The van der Waals surface area contributed by atoms with E-state index < -0.39 is 0 Å². The van der Waals surface area contributed by atoms with Crippen molar-refractivity contribution in [2.24, 2.45) is 0 Å². The Balaban J connectivity index is 2.24. The van der Waals surface area contributed by atoms with Crippen LogP contribution in [0.25, 0.3) is 0 Å². The highest BCUT2D eigenvalue weighted by Crippen LogP contribution is 2.16. The first-order valence-electron chi connectivity index (χ1n) is 5.86. The van der Waals surface area contributed by atoms with Crippen molar-refractivity contribution in [3.8, 4) is 0 Å². The Morgan fingerprint density at radius 2 is 1.85 bits per heavy atom. The number of pyridine rings is 1. The van der Waals surface area contributed by atoms with Crippen LogP contribution in [0.15, 0.2) is 47.1 Å². The molecule has 0 aliphatic rings. The van der Waals surface area contributed by atoms with Gasteiger partial charge in [-0.25, -0.2) is 4.98 Å². The van der Waals surface area contributed by atoms with Crippen molar-refractivity contribution in [2.75, 3.05) is 12.4 Å². The number of hydrogen-bond donors (Lipinski definition) is 2. The summed E-state index contributed by atoms with van der Waals surface area (Å²) in [6.45, 7) is 0. The molecule has 1 aromatic heterocycles. The first-order chi connectivity index (χ1) is 9.61. The van der Waals surface area contributed by atoms with Gasteiger partial charge in [-0.1, -0.05) is 12.1 Å². The van der Waals surface area contributed by atoms with Gasteiger partial charge in [0, 0.05) is 17.7 Å². The molecule has 2 N–H and O–H groups in total. The number of aromatic nitrogens is 1. The number of nitrogens with one attached hydrogen (secondary N) is 2. The van der Waals surface area contributed by atoms with E-state index >= 15 is 0 Å². The van der Waals surface area contributed by atoms with Crippen LogP contribution >= 0.6 is 15.9 Å². The topological polar surface area (TPSA) is 71.1 Å². The lowest BCUT2D eigenvalue weighted by molar-refractivity contribution is 0.0964. The minimum Gasteiger partial charge on any atom is -0.355 e. The highest BCUT2D eigenvalue weighted by Gasteiger charge is 2.13. The molecule has 0 spiro atoms. The lowest BCUT2D eigenvalue weighted by atomic mass is 10.1. The SMILES string of the molecule is CNC(=O)c1ccccc1NC(=O)c1ccc(Br)cn1. The molecule has 1 aromatic carbocycles. The summed E-state index contributed by atoms with van der Waals surface area (Å²) in [5.74, 6) is -0.626. The largest absolute Gasteiger partial charge is 0.355 e. The zero-order valence-electron chi connectivity index (χ0n) is 10.7. The summed E-state index contributed by atoms with van der Waals surface area (Å²) in [6, 6.07) is 10.1. The molecule has 0 fully saturated rings. The number of carbonyl (C=O) groups is 2. The number of nitrogens with zero attached hydrogens (tertiary/aromatic N) is 1. The molecule has 0 saturated heterocycles. The van der Waals surface area contributed by atoms with Gasteiger partial charge in [0.2, 0.25) is 0 Å². The number of hydrogen-bond acceptors (Lipinski definition) is 3. The third-order valence-electron chi connectivity index (χ3n) is 2.61. The van der Waals surface area contributed by atoms with Gasteiger partial charge in [-0.3, -0.25) is 9.59 Å². The van der Waals surface area contributed by atoms with Crippen molar-refractivity contribution in [3.63, 3.8) is 0 Å². The second kappa shape index (κ2) is 6.29. The molecule has 2 aromatic rings. The Labute approximate surface area is 124 Å². The van der Waals surface area contributed by atoms with Gasteiger partial charge in [0.05, 0.1) is 11.3 Å². The second-order valence-electron chi connectivity index (χ2n) is 3.94. The molecular formula is C14H12BrN3O2. The van der Waals surface area contributed by atoms with E-state index in [0.717, 1.165) is 4.47 Å². The van der Waals surface area contributed by atoms with Crippen LogP contribution in [-0.4, -0.2) is 23.8 Å². The molecule has 2 amide bonds. The summed E-state index contributed by atoms with van der Waals surface area (Å²) in [5, 5.41) is 5.21. The quantitative estimate of drug-likeness (QED) is 0.906. The van der Waals surface area contributed by atoms with Gasteiger partial charge < -0.3 is 10.6 Å². The van der Waals surface area contributed by atoms with Gasteiger partial charge in [-0.05, 0) is 40.2 Å². The van der Waals surface area contributed by atoms with E-state index in [0.29, 0.717) is 11.3 Å². The predicted molar refractivity (Wildman–Crippen MR) is 79.7 cm³/mol. The monoisotopic (exact) mass is 333 g/mol. The summed E-state index contributed by atoms with van der Waals surface area (Å²) in [7, 11) is 1.54. The van der Waals surface area contributed by atoms with Crippen molar-refractivity contribution >= 4 is 33.4 Å². The molecular weight excluding hydrogens is 322 g/mol. The van der Waals surface area contributed by atoms with Gasteiger partial charge >= 0.3 is 0 Å². The molecule has 0 atom stereocenters. The third-order valence-corrected chi connectivity index (χ3v) is 3.08. The molecule has 0 radical (unpaired) electrons. The number of anilines is 1. The standard InChI is InChI=1S/C14H12BrN3O2/c1-16-13(19)10-4-2-3-5-11(10)18-14(20)12-7-6-9(15)8-17-12/h2-8H,1H3,(H,16,19)(H,18,20).